The van der Waals surface area contributed by atoms with Crippen LogP contribution in [0.4, 0.5) is 0 Å². The summed E-state index contributed by atoms with van der Waals surface area (Å²) in [6.07, 6.45) is 0. The van der Waals surface area contributed by atoms with Gasteiger partial charge in [0.05, 0.1) is 6.92 Å². The van der Waals surface area contributed by atoms with Gasteiger partial charge in [-0.25, -0.2) is 0 Å². The fourth-order valence-electron chi connectivity index (χ4n) is 2.11. The number of hydrogen-bond donors (Lipinski definition) is 2. The minimum absolute atomic E-state index is 0.101. The van der Waals surface area contributed by atoms with E-state index in [0.717, 1.165) is 11.1 Å². The second-order valence-electron chi connectivity index (χ2n) is 6.24. The van der Waals surface area contributed by atoms with Crippen LogP contribution >= 0.6 is 0 Å². The zero-order valence-electron chi connectivity index (χ0n) is 12.2. The molecule has 0 saturated heterocycles. The van der Waals surface area contributed by atoms with Gasteiger partial charge in [-0.05, 0) is 28.8 Å². The monoisotopic (exact) mass is 269 g/mol. The molecule has 2 aromatic carbocycles. The Morgan fingerprint density at radius 1 is 0.850 bits per heavy atom. The van der Waals surface area contributed by atoms with E-state index in [1.54, 1.807) is 12.1 Å². The molecule has 0 saturated carbocycles. The Morgan fingerprint density at radius 2 is 1.40 bits per heavy atom. The molecule has 0 spiro atoms. The van der Waals surface area contributed by atoms with Crippen molar-refractivity contribution in [3.8, 4) is 22.6 Å². The molecule has 2 aromatic rings. The van der Waals surface area contributed by atoms with Crippen LogP contribution < -0.4 is 0 Å². The van der Waals surface area contributed by atoms with Gasteiger partial charge in [-0.2, -0.15) is 0 Å². The Labute approximate surface area is 120 Å². The van der Waals surface area contributed by atoms with Crippen LogP contribution in [-0.4, -0.2) is 10.2 Å². The van der Waals surface area contributed by atoms with E-state index in [4.69, 9.17) is 0 Å². The molecule has 0 fully saturated rings. The second kappa shape index (κ2) is 5.12. The Hall–Kier alpha value is -2.09. The molecule has 2 rings (SSSR count). The Morgan fingerprint density at radius 3 is 1.90 bits per heavy atom. The normalized spacial score (nSPS) is 13.2. The van der Waals surface area contributed by atoms with Gasteiger partial charge in [0.1, 0.15) is 5.92 Å². The van der Waals surface area contributed by atoms with E-state index in [-0.39, 0.29) is 22.8 Å². The summed E-state index contributed by atoms with van der Waals surface area (Å²) >= 11 is 0. The molecule has 0 aliphatic heterocycles. The quantitative estimate of drug-likeness (QED) is 0.611. The molecular formula is C18H21O2+. The van der Waals surface area contributed by atoms with Crippen LogP contribution in [0.1, 0.15) is 32.3 Å². The topological polar surface area (TPSA) is 40.5 Å². The lowest BCUT2D eigenvalue weighted by atomic mass is 9.77. The first-order chi connectivity index (χ1) is 9.29. The van der Waals surface area contributed by atoms with Crippen LogP contribution in [-0.2, 0) is 0 Å². The van der Waals surface area contributed by atoms with Gasteiger partial charge < -0.3 is 10.2 Å². The second-order valence-corrected chi connectivity index (χ2v) is 6.24. The van der Waals surface area contributed by atoms with Crippen LogP contribution in [0.2, 0.25) is 0 Å². The van der Waals surface area contributed by atoms with Gasteiger partial charge in [0.25, 0.3) is 0 Å². The number of rotatable bonds is 2. The summed E-state index contributed by atoms with van der Waals surface area (Å²) in [7, 11) is 0. The summed E-state index contributed by atoms with van der Waals surface area (Å²) in [5.41, 5.74) is 3.20. The SMILES string of the molecule is [CH2+]C(c1ccc(-c2ccc(O)c(O)c2)cc1)C(C)(C)C. The van der Waals surface area contributed by atoms with Gasteiger partial charge in [-0.1, -0.05) is 51.1 Å². The molecule has 0 bridgehead atoms. The maximum Gasteiger partial charge on any atom is 0.158 e. The summed E-state index contributed by atoms with van der Waals surface area (Å²) in [6, 6.07) is 13.0. The smallest absolute Gasteiger partial charge is 0.158 e. The molecule has 1 atom stereocenters. The van der Waals surface area contributed by atoms with Crippen LogP contribution in [0.3, 0.4) is 0 Å². The average molecular weight is 269 g/mol. The van der Waals surface area contributed by atoms with Crippen molar-refractivity contribution in [3.05, 3.63) is 55.0 Å². The number of aromatic hydroxyl groups is 2. The fraction of sp³-hybridized carbons (Fsp3) is 0.278. The highest BCUT2D eigenvalue weighted by atomic mass is 16.3. The summed E-state index contributed by atoms with van der Waals surface area (Å²) in [5.74, 6) is 0.0250. The van der Waals surface area contributed by atoms with Gasteiger partial charge in [0, 0.05) is 5.41 Å². The third-order valence-corrected chi connectivity index (χ3v) is 3.67. The molecule has 2 heteroatoms. The summed E-state index contributed by atoms with van der Waals surface area (Å²) in [4.78, 5) is 0. The number of phenolic OH excluding ortho intramolecular Hbond substituents is 2. The third-order valence-electron chi connectivity index (χ3n) is 3.67. The minimum Gasteiger partial charge on any atom is -0.504 e. The lowest BCUT2D eigenvalue weighted by Crippen LogP contribution is -2.15. The zero-order chi connectivity index (χ0) is 14.9. The van der Waals surface area contributed by atoms with Crippen molar-refractivity contribution in [2.45, 2.75) is 26.7 Å². The van der Waals surface area contributed by atoms with Crippen molar-refractivity contribution in [1.82, 2.24) is 0 Å². The van der Waals surface area contributed by atoms with E-state index in [1.807, 2.05) is 12.1 Å². The van der Waals surface area contributed by atoms with Crippen LogP contribution in [0.15, 0.2) is 42.5 Å². The first-order valence-electron chi connectivity index (χ1n) is 6.74. The van der Waals surface area contributed by atoms with Gasteiger partial charge in [-0.15, -0.1) is 0 Å². The molecule has 104 valence electrons. The Bertz CT molecular complexity index is 592. The minimum atomic E-state index is -0.101. The van der Waals surface area contributed by atoms with Gasteiger partial charge >= 0.3 is 0 Å². The maximum atomic E-state index is 9.55. The highest BCUT2D eigenvalue weighted by molar-refractivity contribution is 5.67. The van der Waals surface area contributed by atoms with E-state index >= 15 is 0 Å². The molecule has 2 N–H and O–H groups in total. The van der Waals surface area contributed by atoms with Crippen LogP contribution in [0, 0.1) is 12.3 Å². The van der Waals surface area contributed by atoms with E-state index < -0.39 is 0 Å². The molecule has 0 heterocycles. The number of phenols is 2. The lowest BCUT2D eigenvalue weighted by molar-refractivity contribution is 0.364. The van der Waals surface area contributed by atoms with Crippen LogP contribution in [0.5, 0.6) is 11.5 Å². The van der Waals surface area contributed by atoms with Crippen molar-refractivity contribution < 1.29 is 10.2 Å². The fourth-order valence-corrected chi connectivity index (χ4v) is 2.11. The van der Waals surface area contributed by atoms with Gasteiger partial charge in [0.15, 0.2) is 11.5 Å². The predicted octanol–water partition coefficient (Wildman–Crippen LogP) is 4.73. The molecule has 0 aliphatic rings. The van der Waals surface area contributed by atoms with E-state index in [0.29, 0.717) is 0 Å². The van der Waals surface area contributed by atoms with E-state index in [9.17, 15) is 10.2 Å². The zero-order valence-corrected chi connectivity index (χ0v) is 12.2. The molecule has 0 aromatic heterocycles. The lowest BCUT2D eigenvalue weighted by Gasteiger charge is -2.22. The standard InChI is InChI=1S/C18H20O2/c1-12(18(2,3)4)13-5-7-14(8-6-13)15-9-10-16(19)17(20)11-15/h5-12H,1H2,2-4H3,(H-,19,20)/p+1. The molecule has 20 heavy (non-hydrogen) atoms. The highest BCUT2D eigenvalue weighted by Gasteiger charge is 2.27. The summed E-state index contributed by atoms with van der Waals surface area (Å²) < 4.78 is 0. The van der Waals surface area contributed by atoms with Crippen LogP contribution in [0.25, 0.3) is 11.1 Å². The van der Waals surface area contributed by atoms with Crippen molar-refractivity contribution in [2.24, 2.45) is 5.41 Å². The summed E-state index contributed by atoms with van der Waals surface area (Å²) in [6.45, 7) is 10.8. The van der Waals surface area contributed by atoms with Gasteiger partial charge in [0.2, 0.25) is 0 Å². The molecule has 1 unspecified atom stereocenters. The van der Waals surface area contributed by atoms with E-state index in [1.165, 1.54) is 11.6 Å². The van der Waals surface area contributed by atoms with Crippen molar-refractivity contribution in [3.63, 3.8) is 0 Å². The molecular weight excluding hydrogens is 248 g/mol. The van der Waals surface area contributed by atoms with Crippen molar-refractivity contribution in [2.75, 3.05) is 0 Å². The number of benzene rings is 2. The van der Waals surface area contributed by atoms with Gasteiger partial charge in [-0.3, -0.25) is 0 Å². The first kappa shape index (κ1) is 14.3. The first-order valence-corrected chi connectivity index (χ1v) is 6.74. The largest absolute Gasteiger partial charge is 0.504 e. The molecule has 0 radical (unpaired) electrons. The Kier molecular flexibility index (Phi) is 3.67. The Balaban J connectivity index is 2.30. The van der Waals surface area contributed by atoms with Crippen molar-refractivity contribution >= 4 is 0 Å². The highest BCUT2D eigenvalue weighted by Crippen LogP contribution is 2.35. The summed E-state index contributed by atoms with van der Waals surface area (Å²) in [5, 5.41) is 18.9. The van der Waals surface area contributed by atoms with Crippen molar-refractivity contribution in [1.29, 1.82) is 0 Å². The van der Waals surface area contributed by atoms with E-state index in [2.05, 4.69) is 39.8 Å². The molecule has 0 amide bonds. The molecule has 0 aliphatic carbocycles. The molecule has 2 nitrogen and oxygen atoms in total. The predicted molar refractivity (Wildman–Crippen MR) is 82.8 cm³/mol. The third kappa shape index (κ3) is 2.90. The maximum absolute atomic E-state index is 9.55. The number of hydrogen-bond acceptors (Lipinski definition) is 2. The average Bonchev–Trinajstić information content (AvgIpc) is 2.40.